The Kier molecular flexibility index (Phi) is 3.45. The number of nitrogens with one attached hydrogen (secondary N) is 1. The molecule has 0 amide bonds. The van der Waals surface area contributed by atoms with Crippen LogP contribution in [0.1, 0.15) is 25.7 Å². The molecule has 0 atom stereocenters. The minimum atomic E-state index is -4.10. The molecule has 0 saturated heterocycles. The smallest absolute Gasteiger partial charge is 0.258 e. The number of sulfonamides is 1. The third-order valence-corrected chi connectivity index (χ3v) is 5.46. The highest BCUT2D eigenvalue weighted by molar-refractivity contribution is 7.89. The second-order valence-electron chi connectivity index (χ2n) is 5.67. The molecule has 1 N–H and O–H groups in total. The van der Waals surface area contributed by atoms with Crippen molar-refractivity contribution in [3.63, 3.8) is 0 Å². The van der Waals surface area contributed by atoms with Gasteiger partial charge in [0.15, 0.2) is 4.90 Å². The van der Waals surface area contributed by atoms with Crippen LogP contribution in [0.4, 0.5) is 10.1 Å². The molecule has 21 heavy (non-hydrogen) atoms. The Bertz CT molecular complexity index is 671. The molecule has 2 aliphatic rings. The van der Waals surface area contributed by atoms with Gasteiger partial charge in [0, 0.05) is 6.04 Å². The van der Waals surface area contributed by atoms with E-state index in [1.165, 1.54) is 6.07 Å². The molecular weight excluding hydrogens is 299 g/mol. The quantitative estimate of drug-likeness (QED) is 0.644. The summed E-state index contributed by atoms with van der Waals surface area (Å²) >= 11 is 0. The van der Waals surface area contributed by atoms with Crippen molar-refractivity contribution in [1.82, 2.24) is 4.72 Å². The molecule has 3 rings (SSSR count). The summed E-state index contributed by atoms with van der Waals surface area (Å²) in [5.74, 6) is -0.531. The van der Waals surface area contributed by atoms with E-state index in [-0.39, 0.29) is 6.04 Å². The lowest BCUT2D eigenvalue weighted by Crippen LogP contribution is -2.38. The van der Waals surface area contributed by atoms with E-state index >= 15 is 0 Å². The van der Waals surface area contributed by atoms with Gasteiger partial charge >= 0.3 is 5.69 Å². The topological polar surface area (TPSA) is 89.3 Å². The Balaban J connectivity index is 1.94. The molecule has 1 aromatic carbocycles. The van der Waals surface area contributed by atoms with Crippen LogP contribution in [-0.4, -0.2) is 19.4 Å². The Hall–Kier alpha value is -1.54. The summed E-state index contributed by atoms with van der Waals surface area (Å²) in [6, 6.07) is 2.94. The lowest BCUT2D eigenvalue weighted by Gasteiger charge is -2.17. The van der Waals surface area contributed by atoms with Crippen LogP contribution < -0.4 is 4.72 Å². The van der Waals surface area contributed by atoms with E-state index in [1.54, 1.807) is 0 Å². The van der Waals surface area contributed by atoms with Crippen LogP contribution in [0.2, 0.25) is 0 Å². The number of nitrogens with zero attached hydrogens (tertiary/aromatic N) is 1. The average molecular weight is 314 g/mol. The van der Waals surface area contributed by atoms with Crippen LogP contribution in [-0.2, 0) is 10.0 Å². The maximum Gasteiger partial charge on any atom is 0.324 e. The normalized spacial score (nSPS) is 19.0. The first-order valence-electron chi connectivity index (χ1n) is 6.85. The van der Waals surface area contributed by atoms with Gasteiger partial charge in [0.05, 0.1) is 4.92 Å². The van der Waals surface area contributed by atoms with Crippen LogP contribution in [0.5, 0.6) is 0 Å². The Morgan fingerprint density at radius 3 is 2.29 bits per heavy atom. The van der Waals surface area contributed by atoms with Crippen molar-refractivity contribution in [2.75, 3.05) is 0 Å². The summed E-state index contributed by atoms with van der Waals surface area (Å²) in [5.41, 5.74) is -0.990. The molecule has 6 nitrogen and oxygen atoms in total. The van der Waals surface area contributed by atoms with E-state index in [1.807, 2.05) is 0 Å². The number of para-hydroxylation sites is 1. The maximum atomic E-state index is 13.6. The molecule has 0 unspecified atom stereocenters. The fourth-order valence-electron chi connectivity index (χ4n) is 2.62. The van der Waals surface area contributed by atoms with Gasteiger partial charge in [0.25, 0.3) is 0 Å². The molecule has 2 saturated carbocycles. The molecule has 2 fully saturated rings. The first-order chi connectivity index (χ1) is 9.90. The Labute approximate surface area is 121 Å². The van der Waals surface area contributed by atoms with Gasteiger partial charge in [-0.25, -0.2) is 13.1 Å². The van der Waals surface area contributed by atoms with Crippen molar-refractivity contribution < 1.29 is 17.7 Å². The first kappa shape index (κ1) is 14.4. The minimum absolute atomic E-state index is 0.183. The summed E-state index contributed by atoms with van der Waals surface area (Å²) in [7, 11) is -4.10. The predicted molar refractivity (Wildman–Crippen MR) is 72.6 cm³/mol. The summed E-state index contributed by atoms with van der Waals surface area (Å²) in [5, 5.41) is 10.9. The van der Waals surface area contributed by atoms with Crippen molar-refractivity contribution >= 4 is 15.7 Å². The fraction of sp³-hybridized carbons (Fsp3) is 0.538. The highest BCUT2D eigenvalue weighted by Gasteiger charge is 2.44. The highest BCUT2D eigenvalue weighted by Crippen LogP contribution is 2.45. The lowest BCUT2D eigenvalue weighted by molar-refractivity contribution is -0.390. The number of halogens is 1. The molecule has 0 aliphatic heterocycles. The van der Waals surface area contributed by atoms with E-state index in [4.69, 9.17) is 0 Å². The van der Waals surface area contributed by atoms with Gasteiger partial charge in [0.2, 0.25) is 15.8 Å². The SMILES string of the molecule is O=[N+]([O-])c1c(F)cccc1S(=O)(=O)NC(C1CC1)C1CC1. The van der Waals surface area contributed by atoms with Gasteiger partial charge in [0.1, 0.15) is 0 Å². The van der Waals surface area contributed by atoms with Gasteiger partial charge in [-0.2, -0.15) is 4.39 Å². The lowest BCUT2D eigenvalue weighted by atomic mass is 10.1. The monoisotopic (exact) mass is 314 g/mol. The second-order valence-corrected chi connectivity index (χ2v) is 7.35. The number of rotatable bonds is 6. The zero-order valence-electron chi connectivity index (χ0n) is 11.2. The van der Waals surface area contributed by atoms with Gasteiger partial charge in [-0.15, -0.1) is 0 Å². The maximum absolute atomic E-state index is 13.6. The van der Waals surface area contributed by atoms with Gasteiger partial charge in [-0.1, -0.05) is 6.07 Å². The molecule has 0 radical (unpaired) electrons. The molecule has 8 heteroatoms. The summed E-state index contributed by atoms with van der Waals surface area (Å²) in [6.45, 7) is 0. The van der Waals surface area contributed by atoms with Crippen LogP contribution in [0.25, 0.3) is 0 Å². The molecular formula is C13H15FN2O4S. The third kappa shape index (κ3) is 2.91. The Morgan fingerprint density at radius 2 is 1.81 bits per heavy atom. The van der Waals surface area contributed by atoms with Crippen LogP contribution in [0.3, 0.4) is 0 Å². The number of nitro groups is 1. The minimum Gasteiger partial charge on any atom is -0.258 e. The molecule has 0 heterocycles. The molecule has 1 aromatic rings. The molecule has 0 spiro atoms. The predicted octanol–water partition coefficient (Wildman–Crippen LogP) is 2.20. The van der Waals surface area contributed by atoms with E-state index in [0.717, 1.165) is 37.8 Å². The third-order valence-electron chi connectivity index (χ3n) is 3.97. The summed E-state index contributed by atoms with van der Waals surface area (Å²) in [6.07, 6.45) is 3.87. The zero-order valence-corrected chi connectivity index (χ0v) is 12.0. The highest BCUT2D eigenvalue weighted by atomic mass is 32.2. The molecule has 0 bridgehead atoms. The van der Waals surface area contributed by atoms with E-state index in [9.17, 15) is 22.9 Å². The van der Waals surface area contributed by atoms with Crippen molar-refractivity contribution in [3.8, 4) is 0 Å². The van der Waals surface area contributed by atoms with Crippen molar-refractivity contribution in [1.29, 1.82) is 0 Å². The number of hydrogen-bond acceptors (Lipinski definition) is 4. The largest absolute Gasteiger partial charge is 0.324 e. The van der Waals surface area contributed by atoms with Crippen molar-refractivity contribution in [3.05, 3.63) is 34.1 Å². The average Bonchev–Trinajstić information content (AvgIpc) is 3.27. The van der Waals surface area contributed by atoms with Crippen LogP contribution in [0, 0.1) is 27.8 Å². The zero-order chi connectivity index (χ0) is 15.2. The van der Waals surface area contributed by atoms with Crippen LogP contribution >= 0.6 is 0 Å². The van der Waals surface area contributed by atoms with Gasteiger partial charge < -0.3 is 0 Å². The molecule has 0 aromatic heterocycles. The van der Waals surface area contributed by atoms with Crippen molar-refractivity contribution in [2.45, 2.75) is 36.6 Å². The van der Waals surface area contributed by atoms with E-state index in [2.05, 4.69) is 4.72 Å². The van der Waals surface area contributed by atoms with E-state index < -0.39 is 31.3 Å². The standard InChI is InChI=1S/C13H15FN2O4S/c14-10-2-1-3-11(13(10)16(17)18)21(19,20)15-12(8-4-5-8)9-6-7-9/h1-3,8-9,12,15H,4-7H2. The van der Waals surface area contributed by atoms with Crippen LogP contribution in [0.15, 0.2) is 23.1 Å². The van der Waals surface area contributed by atoms with E-state index in [0.29, 0.717) is 11.8 Å². The number of nitro benzene ring substituents is 1. The molecule has 2 aliphatic carbocycles. The fourth-order valence-corrected chi connectivity index (χ4v) is 4.17. The molecule has 114 valence electrons. The van der Waals surface area contributed by atoms with Gasteiger partial charge in [-0.05, 0) is 49.7 Å². The summed E-state index contributed by atoms with van der Waals surface area (Å²) < 4.78 is 40.9. The Morgan fingerprint density at radius 1 is 1.24 bits per heavy atom. The first-order valence-corrected chi connectivity index (χ1v) is 8.33. The number of benzene rings is 1. The van der Waals surface area contributed by atoms with Gasteiger partial charge in [-0.3, -0.25) is 10.1 Å². The second kappa shape index (κ2) is 5.03. The number of hydrogen-bond donors (Lipinski definition) is 1. The van der Waals surface area contributed by atoms with Crippen molar-refractivity contribution in [2.24, 2.45) is 11.8 Å². The summed E-state index contributed by atoms with van der Waals surface area (Å²) in [4.78, 5) is 9.35.